The lowest BCUT2D eigenvalue weighted by Gasteiger charge is -2.24. The molecule has 114 valence electrons. The molecule has 4 nitrogen and oxygen atoms in total. The Morgan fingerprint density at radius 2 is 1.68 bits per heavy atom. The molecule has 0 N–H and O–H groups in total. The number of aryl methyl sites for hydroxylation is 4. The summed E-state index contributed by atoms with van der Waals surface area (Å²) in [5.74, 6) is 0.829. The predicted molar refractivity (Wildman–Crippen MR) is 85.4 cm³/mol. The van der Waals surface area contributed by atoms with E-state index in [0.29, 0.717) is 17.1 Å². The molecule has 0 radical (unpaired) electrons. The fraction of sp³-hybridized carbons (Fsp3) is 0.235. The molecule has 1 heterocycles. The molecule has 0 bridgehead atoms. The van der Waals surface area contributed by atoms with Gasteiger partial charge in [-0.2, -0.15) is 0 Å². The van der Waals surface area contributed by atoms with Crippen molar-refractivity contribution in [1.82, 2.24) is 0 Å². The molecule has 0 saturated heterocycles. The molecule has 0 saturated carbocycles. The van der Waals surface area contributed by atoms with E-state index < -0.39 is 14.6 Å². The van der Waals surface area contributed by atoms with Gasteiger partial charge in [0.05, 0.1) is 0 Å². The van der Waals surface area contributed by atoms with E-state index in [2.05, 4.69) is 0 Å². The van der Waals surface area contributed by atoms with Gasteiger partial charge in [0, 0.05) is 0 Å². The Balaban J connectivity index is 1.89. The van der Waals surface area contributed by atoms with Gasteiger partial charge in [-0.15, -0.1) is 0 Å². The van der Waals surface area contributed by atoms with Crippen molar-refractivity contribution in [3.8, 4) is 11.5 Å². The smallest absolute Gasteiger partial charge is 0.408 e. The third-order valence-electron chi connectivity index (χ3n) is 3.48. The van der Waals surface area contributed by atoms with E-state index in [4.69, 9.17) is 13.6 Å². The molecule has 1 aliphatic heterocycles. The summed E-state index contributed by atoms with van der Waals surface area (Å²) < 4.78 is 16.9. The fourth-order valence-electron chi connectivity index (χ4n) is 2.36. The zero-order chi connectivity index (χ0) is 15.9. The minimum Gasteiger partial charge on any atom is -0.408 e. The lowest BCUT2D eigenvalue weighted by Crippen LogP contribution is -2.16. The number of rotatable bonds is 2. The number of benzene rings is 2. The van der Waals surface area contributed by atoms with Crippen molar-refractivity contribution in [2.24, 2.45) is 0 Å². The summed E-state index contributed by atoms with van der Waals surface area (Å²) in [7, 11) is -1.78. The second-order valence-electron chi connectivity index (χ2n) is 5.51. The van der Waals surface area contributed by atoms with E-state index in [-0.39, 0.29) is 0 Å². The number of hydrogen-bond donors (Lipinski definition) is 0. The van der Waals surface area contributed by atoms with E-state index in [1.165, 1.54) is 0 Å². The summed E-state index contributed by atoms with van der Waals surface area (Å²) in [6, 6.07) is 9.63. The van der Waals surface area contributed by atoms with Crippen LogP contribution in [-0.2, 0) is 4.52 Å². The highest BCUT2D eigenvalue weighted by Gasteiger charge is 2.33. The minimum atomic E-state index is -1.78. The zero-order valence-electron chi connectivity index (χ0n) is 13.0. The molecule has 2 aromatic carbocycles. The molecule has 5 heteroatoms. The second-order valence-corrected chi connectivity index (χ2v) is 6.51. The molecule has 0 amide bonds. The highest BCUT2D eigenvalue weighted by molar-refractivity contribution is 7.43. The number of fused-ring (bicyclic) bond motifs is 1. The summed E-state index contributed by atoms with van der Waals surface area (Å²) in [5.41, 5.74) is 4.41. The van der Waals surface area contributed by atoms with Gasteiger partial charge in [0.15, 0.2) is 0 Å². The first-order valence-electron chi connectivity index (χ1n) is 7.01. The molecule has 1 atom stereocenters. The Bertz CT molecular complexity index is 755. The van der Waals surface area contributed by atoms with E-state index in [1.807, 2.05) is 52.0 Å². The monoisotopic (exact) mass is 316 g/mol. The van der Waals surface area contributed by atoms with Crippen LogP contribution < -0.4 is 9.05 Å². The van der Waals surface area contributed by atoms with Crippen molar-refractivity contribution in [1.29, 1.82) is 0 Å². The molecular formula is C17H17O4P. The van der Waals surface area contributed by atoms with Crippen LogP contribution >= 0.6 is 8.60 Å². The van der Waals surface area contributed by atoms with Gasteiger partial charge in [-0.25, -0.2) is 4.79 Å². The van der Waals surface area contributed by atoms with E-state index in [1.54, 1.807) is 6.07 Å². The van der Waals surface area contributed by atoms with Crippen LogP contribution in [0.2, 0.25) is 0 Å². The summed E-state index contributed by atoms with van der Waals surface area (Å²) in [6.45, 7) is 7.77. The van der Waals surface area contributed by atoms with E-state index in [0.717, 1.165) is 22.3 Å². The van der Waals surface area contributed by atoms with Crippen molar-refractivity contribution >= 4 is 14.6 Å². The molecule has 1 unspecified atom stereocenters. The van der Waals surface area contributed by atoms with Crippen LogP contribution in [0.15, 0.2) is 30.3 Å². The van der Waals surface area contributed by atoms with Crippen LogP contribution in [0.4, 0.5) is 0 Å². The molecule has 0 aromatic heterocycles. The second kappa shape index (κ2) is 5.62. The van der Waals surface area contributed by atoms with E-state index in [9.17, 15) is 4.79 Å². The largest absolute Gasteiger partial charge is 0.532 e. The summed E-state index contributed by atoms with van der Waals surface area (Å²) >= 11 is 0. The van der Waals surface area contributed by atoms with Crippen LogP contribution in [0, 0.1) is 27.7 Å². The Morgan fingerprint density at radius 3 is 2.45 bits per heavy atom. The van der Waals surface area contributed by atoms with Gasteiger partial charge in [0.2, 0.25) is 0 Å². The van der Waals surface area contributed by atoms with Gasteiger partial charge >= 0.3 is 14.6 Å². The molecule has 0 spiro atoms. The lowest BCUT2D eigenvalue weighted by molar-refractivity contribution is 0.0697. The Labute approximate surface area is 131 Å². The molecule has 3 rings (SSSR count). The van der Waals surface area contributed by atoms with Crippen molar-refractivity contribution in [3.05, 3.63) is 58.1 Å². The Kier molecular flexibility index (Phi) is 3.79. The molecule has 2 aromatic rings. The normalized spacial score (nSPS) is 16.5. The summed E-state index contributed by atoms with van der Waals surface area (Å²) in [6.07, 6.45) is 0. The maximum atomic E-state index is 12.2. The summed E-state index contributed by atoms with van der Waals surface area (Å²) in [4.78, 5) is 12.2. The highest BCUT2D eigenvalue weighted by atomic mass is 31.2. The zero-order valence-corrected chi connectivity index (χ0v) is 13.9. The molecular weight excluding hydrogens is 299 g/mol. The highest BCUT2D eigenvalue weighted by Crippen LogP contribution is 2.49. The Hall–Kier alpha value is -2.06. The van der Waals surface area contributed by atoms with Gasteiger partial charge in [-0.05, 0) is 62.1 Å². The molecule has 1 aliphatic rings. The fourth-order valence-corrected chi connectivity index (χ4v) is 3.45. The quantitative estimate of drug-likeness (QED) is 0.748. The van der Waals surface area contributed by atoms with Gasteiger partial charge in [-0.3, -0.25) is 0 Å². The van der Waals surface area contributed by atoms with Crippen molar-refractivity contribution < 1.29 is 18.4 Å². The standard InChI is InChI=1S/C17H17O4P/c1-10-5-6-12(3)15(9-10)19-22-20-16-13(4)7-11(2)8-14(16)17(18)21-22/h5-9H,1-4H3. The third kappa shape index (κ3) is 2.79. The van der Waals surface area contributed by atoms with Crippen molar-refractivity contribution in [2.45, 2.75) is 27.7 Å². The lowest BCUT2D eigenvalue weighted by atomic mass is 10.1. The maximum Gasteiger partial charge on any atom is 0.532 e. The van der Waals surface area contributed by atoms with Crippen LogP contribution in [-0.4, -0.2) is 5.97 Å². The average Bonchev–Trinajstić information content (AvgIpc) is 2.44. The number of carbonyl (C=O) groups excluding carboxylic acids is 1. The first-order valence-corrected chi connectivity index (χ1v) is 8.10. The predicted octanol–water partition coefficient (Wildman–Crippen LogP) is 4.78. The Morgan fingerprint density at radius 1 is 0.909 bits per heavy atom. The van der Waals surface area contributed by atoms with Gasteiger partial charge in [0.1, 0.15) is 17.1 Å². The van der Waals surface area contributed by atoms with Crippen LogP contribution in [0.3, 0.4) is 0 Å². The van der Waals surface area contributed by atoms with E-state index >= 15 is 0 Å². The van der Waals surface area contributed by atoms with Crippen molar-refractivity contribution in [2.75, 3.05) is 0 Å². The molecule has 0 aliphatic carbocycles. The third-order valence-corrected chi connectivity index (χ3v) is 4.47. The van der Waals surface area contributed by atoms with Crippen LogP contribution in [0.5, 0.6) is 11.5 Å². The van der Waals surface area contributed by atoms with Crippen molar-refractivity contribution in [3.63, 3.8) is 0 Å². The first-order chi connectivity index (χ1) is 10.4. The molecule has 0 fully saturated rings. The van der Waals surface area contributed by atoms with Gasteiger partial charge in [0.25, 0.3) is 0 Å². The van der Waals surface area contributed by atoms with Gasteiger partial charge < -0.3 is 13.6 Å². The number of carbonyl (C=O) groups is 1. The number of hydrogen-bond acceptors (Lipinski definition) is 4. The van der Waals surface area contributed by atoms with Crippen LogP contribution in [0.1, 0.15) is 32.6 Å². The first kappa shape index (κ1) is 14.9. The minimum absolute atomic E-state index is 0.399. The topological polar surface area (TPSA) is 44.8 Å². The molecule has 22 heavy (non-hydrogen) atoms. The average molecular weight is 316 g/mol. The van der Waals surface area contributed by atoms with Crippen LogP contribution in [0.25, 0.3) is 0 Å². The van der Waals surface area contributed by atoms with Gasteiger partial charge in [-0.1, -0.05) is 18.2 Å². The maximum absolute atomic E-state index is 12.2. The summed E-state index contributed by atoms with van der Waals surface area (Å²) in [5, 5.41) is 0. The SMILES string of the molecule is Cc1ccc(C)c(OP2OC(=O)c3cc(C)cc(C)c3O2)c1.